The van der Waals surface area contributed by atoms with Gasteiger partial charge in [-0.1, -0.05) is 20.8 Å². The van der Waals surface area contributed by atoms with Gasteiger partial charge in [0.25, 0.3) is 0 Å². The molecule has 0 saturated carbocycles. The first-order valence-corrected chi connectivity index (χ1v) is 7.78. The van der Waals surface area contributed by atoms with Gasteiger partial charge in [0.05, 0.1) is 19.3 Å². The molecule has 0 bridgehead atoms. The van der Waals surface area contributed by atoms with Crippen LogP contribution >= 0.6 is 0 Å². The third kappa shape index (κ3) is 3.26. The van der Waals surface area contributed by atoms with Crippen LogP contribution in [0.5, 0.6) is 11.5 Å². The van der Waals surface area contributed by atoms with Gasteiger partial charge in [-0.05, 0) is 54.9 Å². The van der Waals surface area contributed by atoms with Crippen LogP contribution in [0.2, 0.25) is 0 Å². The Morgan fingerprint density at radius 3 is 2.10 bits per heavy atom. The highest BCUT2D eigenvalue weighted by molar-refractivity contribution is 5.50. The standard InChI is InChI=1S/C17H26O3/c1-4-8-19-16-10-13-12(3)6-7-15(18)14(13)11-17(16)20-9-5-2/h10-12,15,18H,4-9H2,1-3H3/t12?,15-/m0/s1. The third-order valence-corrected chi connectivity index (χ3v) is 3.84. The van der Waals surface area contributed by atoms with Crippen molar-refractivity contribution in [2.24, 2.45) is 0 Å². The van der Waals surface area contributed by atoms with Gasteiger partial charge in [0.1, 0.15) is 0 Å². The maximum Gasteiger partial charge on any atom is 0.161 e. The number of hydrogen-bond donors (Lipinski definition) is 1. The van der Waals surface area contributed by atoms with E-state index in [0.717, 1.165) is 42.7 Å². The summed E-state index contributed by atoms with van der Waals surface area (Å²) in [7, 11) is 0. The number of hydrogen-bond acceptors (Lipinski definition) is 3. The highest BCUT2D eigenvalue weighted by atomic mass is 16.5. The van der Waals surface area contributed by atoms with E-state index in [4.69, 9.17) is 9.47 Å². The van der Waals surface area contributed by atoms with E-state index in [1.165, 1.54) is 5.56 Å². The Labute approximate surface area is 121 Å². The molecule has 0 saturated heterocycles. The van der Waals surface area contributed by atoms with Gasteiger partial charge in [-0.2, -0.15) is 0 Å². The van der Waals surface area contributed by atoms with Gasteiger partial charge in [0.2, 0.25) is 0 Å². The summed E-state index contributed by atoms with van der Waals surface area (Å²) in [6.07, 6.45) is 3.42. The molecular weight excluding hydrogens is 252 g/mol. The minimum absolute atomic E-state index is 0.370. The first kappa shape index (κ1) is 15.2. The van der Waals surface area contributed by atoms with Crippen LogP contribution in [0.15, 0.2) is 12.1 Å². The van der Waals surface area contributed by atoms with E-state index in [1.54, 1.807) is 0 Å². The molecule has 2 atom stereocenters. The Morgan fingerprint density at radius 1 is 1.00 bits per heavy atom. The lowest BCUT2D eigenvalue weighted by molar-refractivity contribution is 0.150. The summed E-state index contributed by atoms with van der Waals surface area (Å²) < 4.78 is 11.6. The van der Waals surface area contributed by atoms with Gasteiger partial charge in [0.15, 0.2) is 11.5 Å². The second-order valence-corrected chi connectivity index (χ2v) is 5.62. The summed E-state index contributed by atoms with van der Waals surface area (Å²) in [5.41, 5.74) is 2.22. The zero-order valence-electron chi connectivity index (χ0n) is 12.8. The molecular formula is C17H26O3. The number of aliphatic hydroxyl groups excluding tert-OH is 1. The largest absolute Gasteiger partial charge is 0.490 e. The van der Waals surface area contributed by atoms with Crippen LogP contribution in [0.3, 0.4) is 0 Å². The molecule has 0 aliphatic heterocycles. The number of aliphatic hydroxyl groups is 1. The van der Waals surface area contributed by atoms with Crippen LogP contribution in [0.1, 0.15) is 69.6 Å². The number of benzene rings is 1. The van der Waals surface area contributed by atoms with E-state index < -0.39 is 0 Å². The SMILES string of the molecule is CCCOc1cc2c(cc1OCCC)[C@@H](O)CCC2C. The zero-order valence-corrected chi connectivity index (χ0v) is 12.8. The summed E-state index contributed by atoms with van der Waals surface area (Å²) >= 11 is 0. The molecule has 1 aliphatic carbocycles. The highest BCUT2D eigenvalue weighted by Crippen LogP contribution is 2.43. The number of fused-ring (bicyclic) bond motifs is 1. The van der Waals surface area contributed by atoms with E-state index in [9.17, 15) is 5.11 Å². The highest BCUT2D eigenvalue weighted by Gasteiger charge is 2.25. The predicted molar refractivity (Wildman–Crippen MR) is 80.6 cm³/mol. The van der Waals surface area contributed by atoms with Crippen molar-refractivity contribution in [3.63, 3.8) is 0 Å². The Hall–Kier alpha value is -1.22. The fourth-order valence-electron chi connectivity index (χ4n) is 2.68. The van der Waals surface area contributed by atoms with Gasteiger partial charge in [-0.3, -0.25) is 0 Å². The molecule has 0 fully saturated rings. The Balaban J connectivity index is 2.35. The van der Waals surface area contributed by atoms with Crippen molar-refractivity contribution < 1.29 is 14.6 Å². The number of rotatable bonds is 6. The predicted octanol–water partition coefficient (Wildman–Crippen LogP) is 4.19. The van der Waals surface area contributed by atoms with Crippen molar-refractivity contribution in [1.29, 1.82) is 0 Å². The van der Waals surface area contributed by atoms with Crippen LogP contribution in [0.25, 0.3) is 0 Å². The molecule has 0 amide bonds. The first-order chi connectivity index (χ1) is 9.67. The van der Waals surface area contributed by atoms with E-state index in [2.05, 4.69) is 26.8 Å². The molecule has 0 aromatic heterocycles. The molecule has 1 aromatic rings. The monoisotopic (exact) mass is 278 g/mol. The summed E-state index contributed by atoms with van der Waals surface area (Å²) in [6, 6.07) is 4.05. The van der Waals surface area contributed by atoms with Crippen LogP contribution in [0.4, 0.5) is 0 Å². The van der Waals surface area contributed by atoms with Crippen LogP contribution in [-0.4, -0.2) is 18.3 Å². The van der Waals surface area contributed by atoms with Crippen molar-refractivity contribution in [1.82, 2.24) is 0 Å². The lowest BCUT2D eigenvalue weighted by Gasteiger charge is -2.28. The first-order valence-electron chi connectivity index (χ1n) is 7.78. The van der Waals surface area contributed by atoms with E-state index in [0.29, 0.717) is 19.1 Å². The molecule has 1 N–H and O–H groups in total. The molecule has 20 heavy (non-hydrogen) atoms. The normalized spacial score (nSPS) is 21.4. The second-order valence-electron chi connectivity index (χ2n) is 5.62. The van der Waals surface area contributed by atoms with E-state index in [-0.39, 0.29) is 6.10 Å². The van der Waals surface area contributed by atoms with Crippen molar-refractivity contribution >= 4 is 0 Å². The van der Waals surface area contributed by atoms with Crippen molar-refractivity contribution in [3.05, 3.63) is 23.3 Å². The molecule has 0 spiro atoms. The Kier molecular flexibility index (Phi) is 5.30. The van der Waals surface area contributed by atoms with Gasteiger partial charge in [-0.25, -0.2) is 0 Å². The zero-order chi connectivity index (χ0) is 14.5. The Morgan fingerprint density at radius 2 is 1.55 bits per heavy atom. The van der Waals surface area contributed by atoms with Crippen molar-refractivity contribution in [2.45, 2.75) is 58.5 Å². The van der Waals surface area contributed by atoms with Crippen molar-refractivity contribution in [3.8, 4) is 11.5 Å². The molecule has 0 heterocycles. The fourth-order valence-corrected chi connectivity index (χ4v) is 2.68. The lowest BCUT2D eigenvalue weighted by atomic mass is 9.82. The van der Waals surface area contributed by atoms with Gasteiger partial charge >= 0.3 is 0 Å². The minimum Gasteiger partial charge on any atom is -0.490 e. The molecule has 1 unspecified atom stereocenters. The third-order valence-electron chi connectivity index (χ3n) is 3.84. The average molecular weight is 278 g/mol. The molecule has 112 valence electrons. The topological polar surface area (TPSA) is 38.7 Å². The average Bonchev–Trinajstić information content (AvgIpc) is 2.46. The molecule has 1 aromatic carbocycles. The minimum atomic E-state index is -0.370. The summed E-state index contributed by atoms with van der Waals surface area (Å²) in [5.74, 6) is 2.06. The fraction of sp³-hybridized carbons (Fsp3) is 0.647. The Bertz CT molecular complexity index is 401. The summed E-state index contributed by atoms with van der Waals surface area (Å²) in [6.45, 7) is 7.76. The second kappa shape index (κ2) is 6.98. The lowest BCUT2D eigenvalue weighted by Crippen LogP contribution is -2.14. The maximum atomic E-state index is 10.2. The van der Waals surface area contributed by atoms with Gasteiger partial charge in [-0.15, -0.1) is 0 Å². The number of ether oxygens (including phenoxy) is 2. The van der Waals surface area contributed by atoms with E-state index in [1.807, 2.05) is 6.07 Å². The van der Waals surface area contributed by atoms with Crippen LogP contribution in [-0.2, 0) is 0 Å². The molecule has 3 heteroatoms. The summed E-state index contributed by atoms with van der Waals surface area (Å²) in [5, 5.41) is 10.2. The quantitative estimate of drug-likeness (QED) is 0.847. The summed E-state index contributed by atoms with van der Waals surface area (Å²) in [4.78, 5) is 0. The van der Waals surface area contributed by atoms with Gasteiger partial charge < -0.3 is 14.6 Å². The van der Waals surface area contributed by atoms with Crippen LogP contribution < -0.4 is 9.47 Å². The molecule has 0 radical (unpaired) electrons. The van der Waals surface area contributed by atoms with E-state index >= 15 is 0 Å². The molecule has 2 rings (SSSR count). The van der Waals surface area contributed by atoms with Crippen molar-refractivity contribution in [2.75, 3.05) is 13.2 Å². The smallest absolute Gasteiger partial charge is 0.161 e. The maximum absolute atomic E-state index is 10.2. The van der Waals surface area contributed by atoms with Gasteiger partial charge in [0, 0.05) is 0 Å². The molecule has 3 nitrogen and oxygen atoms in total. The van der Waals surface area contributed by atoms with Crippen LogP contribution in [0, 0.1) is 0 Å². The molecule has 1 aliphatic rings.